The summed E-state index contributed by atoms with van der Waals surface area (Å²) < 4.78 is 0. The van der Waals surface area contributed by atoms with Gasteiger partial charge < -0.3 is 11.1 Å². The zero-order valence-electron chi connectivity index (χ0n) is 10.9. The van der Waals surface area contributed by atoms with Gasteiger partial charge in [-0.05, 0) is 42.9 Å². The van der Waals surface area contributed by atoms with E-state index in [1.165, 1.54) is 30.5 Å². The molecule has 1 aromatic rings. The zero-order chi connectivity index (χ0) is 12.3. The van der Waals surface area contributed by atoms with Gasteiger partial charge in [-0.15, -0.1) is 0 Å². The minimum atomic E-state index is 0.566. The van der Waals surface area contributed by atoms with Crippen LogP contribution in [0.1, 0.15) is 44.6 Å². The second-order valence-corrected chi connectivity index (χ2v) is 5.42. The van der Waals surface area contributed by atoms with Crippen LogP contribution in [-0.2, 0) is 0 Å². The lowest BCUT2D eigenvalue weighted by molar-refractivity contribution is 0.516. The van der Waals surface area contributed by atoms with Gasteiger partial charge in [0.25, 0.3) is 0 Å². The largest absolute Gasteiger partial charge is 0.382 e. The monoisotopic (exact) mass is 232 g/mol. The molecule has 0 heterocycles. The number of anilines is 1. The molecule has 1 aromatic carbocycles. The molecule has 0 amide bonds. The molecule has 0 spiro atoms. The van der Waals surface area contributed by atoms with Crippen LogP contribution in [0.2, 0.25) is 0 Å². The molecule has 1 aliphatic rings. The Morgan fingerprint density at radius 3 is 2.76 bits per heavy atom. The maximum absolute atomic E-state index is 5.84. The van der Waals surface area contributed by atoms with Gasteiger partial charge in [0, 0.05) is 11.7 Å². The molecule has 3 N–H and O–H groups in total. The Balaban J connectivity index is 2.12. The van der Waals surface area contributed by atoms with Crippen molar-refractivity contribution in [1.82, 2.24) is 0 Å². The average molecular weight is 232 g/mol. The first-order valence-electron chi connectivity index (χ1n) is 6.78. The van der Waals surface area contributed by atoms with Gasteiger partial charge in [-0.25, -0.2) is 0 Å². The number of nitrogens with two attached hydrogens (primary N) is 1. The molecule has 17 heavy (non-hydrogen) atoms. The maximum atomic E-state index is 5.84. The molecule has 2 rings (SSSR count). The van der Waals surface area contributed by atoms with Crippen molar-refractivity contribution in [1.29, 1.82) is 0 Å². The van der Waals surface area contributed by atoms with Crippen LogP contribution in [0.25, 0.3) is 0 Å². The smallest absolute Gasteiger partial charge is 0.0377 e. The Hall–Kier alpha value is -1.02. The lowest BCUT2D eigenvalue weighted by Crippen LogP contribution is -2.29. The van der Waals surface area contributed by atoms with E-state index in [0.29, 0.717) is 17.9 Å². The highest BCUT2D eigenvalue weighted by atomic mass is 14.9. The Morgan fingerprint density at radius 1 is 1.29 bits per heavy atom. The summed E-state index contributed by atoms with van der Waals surface area (Å²) >= 11 is 0. The highest BCUT2D eigenvalue weighted by molar-refractivity contribution is 5.53. The van der Waals surface area contributed by atoms with E-state index in [9.17, 15) is 0 Å². The summed E-state index contributed by atoms with van der Waals surface area (Å²) in [6.45, 7) is 5.30. The number of hydrogen-bond acceptors (Lipinski definition) is 2. The van der Waals surface area contributed by atoms with Crippen molar-refractivity contribution in [3.8, 4) is 0 Å². The fourth-order valence-corrected chi connectivity index (χ4v) is 2.84. The minimum Gasteiger partial charge on any atom is -0.382 e. The van der Waals surface area contributed by atoms with Gasteiger partial charge in [0.1, 0.15) is 0 Å². The minimum absolute atomic E-state index is 0.566. The summed E-state index contributed by atoms with van der Waals surface area (Å²) in [5, 5.41) is 3.71. The summed E-state index contributed by atoms with van der Waals surface area (Å²) in [4.78, 5) is 0. The van der Waals surface area contributed by atoms with Crippen molar-refractivity contribution in [2.45, 2.75) is 45.1 Å². The van der Waals surface area contributed by atoms with E-state index in [1.807, 2.05) is 0 Å². The lowest BCUT2D eigenvalue weighted by Gasteiger charge is -2.23. The van der Waals surface area contributed by atoms with E-state index in [1.54, 1.807) is 0 Å². The number of rotatable bonds is 4. The van der Waals surface area contributed by atoms with E-state index >= 15 is 0 Å². The number of benzene rings is 1. The maximum Gasteiger partial charge on any atom is 0.0377 e. The molecule has 2 nitrogen and oxygen atoms in total. The molecule has 94 valence electrons. The molecular weight excluding hydrogens is 208 g/mol. The summed E-state index contributed by atoms with van der Waals surface area (Å²) in [6.07, 6.45) is 3.84. The van der Waals surface area contributed by atoms with Gasteiger partial charge in [0.15, 0.2) is 0 Å². The predicted octanol–water partition coefficient (Wildman–Crippen LogP) is 3.35. The van der Waals surface area contributed by atoms with Crippen LogP contribution in [0.3, 0.4) is 0 Å². The third kappa shape index (κ3) is 2.81. The first-order chi connectivity index (χ1) is 8.22. The van der Waals surface area contributed by atoms with E-state index in [-0.39, 0.29) is 0 Å². The van der Waals surface area contributed by atoms with Crippen LogP contribution in [-0.4, -0.2) is 12.6 Å². The molecule has 1 fully saturated rings. The first kappa shape index (κ1) is 12.4. The number of para-hydroxylation sites is 1. The van der Waals surface area contributed by atoms with Crippen LogP contribution >= 0.6 is 0 Å². The van der Waals surface area contributed by atoms with Crippen LogP contribution in [0, 0.1) is 5.92 Å². The summed E-state index contributed by atoms with van der Waals surface area (Å²) in [6, 6.07) is 9.22. The van der Waals surface area contributed by atoms with Crippen LogP contribution in [0.4, 0.5) is 5.69 Å². The van der Waals surface area contributed by atoms with E-state index in [0.717, 1.165) is 6.54 Å². The number of nitrogens with one attached hydrogen (secondary N) is 1. The van der Waals surface area contributed by atoms with Crippen molar-refractivity contribution in [2.75, 3.05) is 11.9 Å². The van der Waals surface area contributed by atoms with E-state index in [4.69, 9.17) is 5.73 Å². The molecule has 0 saturated heterocycles. The summed E-state index contributed by atoms with van der Waals surface area (Å²) in [5.41, 5.74) is 8.55. The van der Waals surface area contributed by atoms with E-state index in [2.05, 4.69) is 43.4 Å². The second-order valence-electron chi connectivity index (χ2n) is 5.42. The van der Waals surface area contributed by atoms with Crippen LogP contribution in [0.5, 0.6) is 0 Å². The van der Waals surface area contributed by atoms with Crippen molar-refractivity contribution >= 4 is 5.69 Å². The van der Waals surface area contributed by atoms with Gasteiger partial charge in [0.05, 0.1) is 0 Å². The van der Waals surface area contributed by atoms with Gasteiger partial charge in [0.2, 0.25) is 0 Å². The quantitative estimate of drug-likeness (QED) is 0.835. The summed E-state index contributed by atoms with van der Waals surface area (Å²) in [5.74, 6) is 1.21. The Bertz CT molecular complexity index is 360. The average Bonchev–Trinajstić information content (AvgIpc) is 2.77. The molecule has 2 heteroatoms. The lowest BCUT2D eigenvalue weighted by atomic mass is 9.99. The molecule has 0 bridgehead atoms. The van der Waals surface area contributed by atoms with Crippen LogP contribution < -0.4 is 11.1 Å². The molecule has 1 saturated carbocycles. The van der Waals surface area contributed by atoms with Crippen molar-refractivity contribution in [3.63, 3.8) is 0 Å². The first-order valence-corrected chi connectivity index (χ1v) is 6.78. The van der Waals surface area contributed by atoms with Gasteiger partial charge >= 0.3 is 0 Å². The van der Waals surface area contributed by atoms with E-state index < -0.39 is 0 Å². The topological polar surface area (TPSA) is 38.0 Å². The third-order valence-electron chi connectivity index (χ3n) is 3.89. The van der Waals surface area contributed by atoms with Crippen molar-refractivity contribution in [3.05, 3.63) is 29.8 Å². The summed E-state index contributed by atoms with van der Waals surface area (Å²) in [7, 11) is 0. The van der Waals surface area contributed by atoms with Gasteiger partial charge in [-0.2, -0.15) is 0 Å². The SMILES string of the molecule is CC(C)c1ccccc1NC1CCCC1CN. The molecule has 1 aliphatic carbocycles. The molecular formula is C15H24N2. The predicted molar refractivity (Wildman–Crippen MR) is 74.3 cm³/mol. The molecule has 2 unspecified atom stereocenters. The molecule has 0 aliphatic heterocycles. The highest BCUT2D eigenvalue weighted by Crippen LogP contribution is 2.31. The molecule has 0 radical (unpaired) electrons. The normalized spacial score (nSPS) is 24.2. The van der Waals surface area contributed by atoms with Crippen LogP contribution in [0.15, 0.2) is 24.3 Å². The second kappa shape index (κ2) is 5.54. The van der Waals surface area contributed by atoms with Gasteiger partial charge in [-0.3, -0.25) is 0 Å². The molecule has 0 aromatic heterocycles. The molecule has 2 atom stereocenters. The number of hydrogen-bond donors (Lipinski definition) is 2. The fraction of sp³-hybridized carbons (Fsp3) is 0.600. The highest BCUT2D eigenvalue weighted by Gasteiger charge is 2.26. The van der Waals surface area contributed by atoms with Crippen molar-refractivity contribution < 1.29 is 0 Å². The zero-order valence-corrected chi connectivity index (χ0v) is 10.9. The fourth-order valence-electron chi connectivity index (χ4n) is 2.84. The standard InChI is InChI=1S/C15H24N2/c1-11(2)13-7-3-4-8-15(13)17-14-9-5-6-12(14)10-16/h3-4,7-8,11-12,14,17H,5-6,9-10,16H2,1-2H3. The Kier molecular flexibility index (Phi) is 4.06. The Labute approximate surface area is 105 Å². The van der Waals surface area contributed by atoms with Gasteiger partial charge in [-0.1, -0.05) is 38.5 Å². The van der Waals surface area contributed by atoms with Crippen molar-refractivity contribution in [2.24, 2.45) is 11.7 Å². The Morgan fingerprint density at radius 2 is 2.06 bits per heavy atom. The third-order valence-corrected chi connectivity index (χ3v) is 3.89.